The van der Waals surface area contributed by atoms with Crippen molar-refractivity contribution < 1.29 is 0 Å². The molecule has 0 fully saturated rings. The SMILES string of the molecule is CC(C)(C)[Si](C)(C)c1sc(-c2sc([Si](C)(C)C(C)(C)C)c3ccccc23)c2ccccc12. The topological polar surface area (TPSA) is 0 Å². The summed E-state index contributed by atoms with van der Waals surface area (Å²) in [5.74, 6) is 0. The molecule has 0 aliphatic carbocycles. The number of hydrogen-bond acceptors (Lipinski definition) is 2. The number of thiophene rings is 2. The van der Waals surface area contributed by atoms with Gasteiger partial charge in [-0.1, -0.05) is 116 Å². The van der Waals surface area contributed by atoms with Crippen LogP contribution < -0.4 is 9.00 Å². The fraction of sp³-hybridized carbons (Fsp3) is 0.429. The van der Waals surface area contributed by atoms with E-state index in [9.17, 15) is 0 Å². The molecule has 2 aromatic carbocycles. The summed E-state index contributed by atoms with van der Waals surface area (Å²) in [6.07, 6.45) is 0. The molecule has 4 rings (SSSR count). The minimum absolute atomic E-state index is 0.321. The van der Waals surface area contributed by atoms with E-state index in [0.29, 0.717) is 10.1 Å². The van der Waals surface area contributed by atoms with Gasteiger partial charge >= 0.3 is 0 Å². The van der Waals surface area contributed by atoms with Gasteiger partial charge in [-0.15, -0.1) is 22.7 Å². The monoisotopic (exact) mass is 494 g/mol. The van der Waals surface area contributed by atoms with Crippen LogP contribution in [-0.4, -0.2) is 16.1 Å². The third kappa shape index (κ3) is 3.58. The molecule has 0 saturated heterocycles. The molecule has 0 bridgehead atoms. The predicted molar refractivity (Wildman–Crippen MR) is 156 cm³/mol. The highest BCUT2D eigenvalue weighted by Gasteiger charge is 2.42. The first-order valence-corrected chi connectivity index (χ1v) is 19.4. The number of benzene rings is 2. The molecular weight excluding hydrogens is 457 g/mol. The maximum absolute atomic E-state index is 2.56. The van der Waals surface area contributed by atoms with Crippen molar-refractivity contribution in [1.29, 1.82) is 0 Å². The van der Waals surface area contributed by atoms with Crippen LogP contribution in [0, 0.1) is 0 Å². The molecule has 32 heavy (non-hydrogen) atoms. The number of fused-ring (bicyclic) bond motifs is 2. The van der Waals surface area contributed by atoms with Crippen molar-refractivity contribution in [1.82, 2.24) is 0 Å². The molecule has 0 amide bonds. The van der Waals surface area contributed by atoms with Gasteiger partial charge in [-0.3, -0.25) is 0 Å². The average molecular weight is 495 g/mol. The highest BCUT2D eigenvalue weighted by molar-refractivity contribution is 7.36. The summed E-state index contributed by atoms with van der Waals surface area (Å²) in [4.78, 5) is 2.98. The van der Waals surface area contributed by atoms with E-state index in [1.54, 1.807) is 9.00 Å². The molecule has 0 saturated carbocycles. The standard InChI is InChI=1S/C28H38S2Si2/c1-27(2,3)31(7,8)25-21-17-13-11-15-19(21)23(29-25)24-20-16-12-14-18-22(20)26(30-24)32(9,10)28(4,5)6/h11-18H,1-10H3. The van der Waals surface area contributed by atoms with Gasteiger partial charge in [0.1, 0.15) is 0 Å². The molecule has 0 atom stereocenters. The molecule has 0 radical (unpaired) electrons. The molecule has 0 aliphatic heterocycles. The van der Waals surface area contributed by atoms with E-state index >= 15 is 0 Å². The average Bonchev–Trinajstić information content (AvgIpc) is 3.25. The van der Waals surface area contributed by atoms with Crippen LogP contribution in [0.5, 0.6) is 0 Å². The molecule has 4 heteroatoms. The third-order valence-electron chi connectivity index (χ3n) is 8.33. The molecule has 0 N–H and O–H groups in total. The van der Waals surface area contributed by atoms with Crippen LogP contribution >= 0.6 is 22.7 Å². The summed E-state index contributed by atoms with van der Waals surface area (Å²) in [5.41, 5.74) is 0. The van der Waals surface area contributed by atoms with Crippen molar-refractivity contribution in [2.45, 2.75) is 77.8 Å². The maximum Gasteiger partial charge on any atom is 0.0995 e. The van der Waals surface area contributed by atoms with Crippen molar-refractivity contribution in [3.63, 3.8) is 0 Å². The van der Waals surface area contributed by atoms with E-state index in [4.69, 9.17) is 0 Å². The summed E-state index contributed by atoms with van der Waals surface area (Å²) in [6, 6.07) is 18.4. The van der Waals surface area contributed by atoms with Crippen molar-refractivity contribution in [3.05, 3.63) is 48.5 Å². The lowest BCUT2D eigenvalue weighted by atomic mass is 10.1. The third-order valence-corrected chi connectivity index (χ3v) is 24.5. The van der Waals surface area contributed by atoms with E-state index in [2.05, 4.69) is 139 Å². The summed E-state index contributed by atoms with van der Waals surface area (Å²) in [5, 5.41) is 6.52. The van der Waals surface area contributed by atoms with Crippen molar-refractivity contribution in [3.8, 4) is 9.75 Å². The van der Waals surface area contributed by atoms with E-state index < -0.39 is 16.1 Å². The summed E-state index contributed by atoms with van der Waals surface area (Å²) in [6.45, 7) is 24.8. The minimum atomic E-state index is -1.65. The van der Waals surface area contributed by atoms with Gasteiger partial charge in [-0.05, 0) is 29.8 Å². The molecule has 0 spiro atoms. The maximum atomic E-state index is 2.56. The van der Waals surface area contributed by atoms with Crippen molar-refractivity contribution in [2.24, 2.45) is 0 Å². The van der Waals surface area contributed by atoms with Crippen LogP contribution in [-0.2, 0) is 0 Å². The molecule has 0 unspecified atom stereocenters. The Morgan fingerprint density at radius 1 is 0.500 bits per heavy atom. The van der Waals surface area contributed by atoms with Gasteiger partial charge < -0.3 is 0 Å². The van der Waals surface area contributed by atoms with Crippen LogP contribution in [0.15, 0.2) is 48.5 Å². The largest absolute Gasteiger partial charge is 0.143 e. The number of rotatable bonds is 3. The minimum Gasteiger partial charge on any atom is -0.143 e. The first-order chi connectivity index (χ1) is 14.7. The molecule has 2 heterocycles. The van der Waals surface area contributed by atoms with Crippen molar-refractivity contribution >= 4 is 69.4 Å². The zero-order valence-corrected chi connectivity index (χ0v) is 25.1. The Hall–Kier alpha value is -1.21. The van der Waals surface area contributed by atoms with Gasteiger partial charge in [0.05, 0.1) is 25.9 Å². The zero-order valence-electron chi connectivity index (χ0n) is 21.4. The molecule has 0 aliphatic rings. The first kappa shape index (κ1) is 23.9. The summed E-state index contributed by atoms with van der Waals surface area (Å²) >= 11 is 4.19. The molecule has 2 aromatic heterocycles. The Labute approximate surface area is 204 Å². The Morgan fingerprint density at radius 3 is 1.06 bits per heavy atom. The fourth-order valence-electron chi connectivity index (χ4n) is 4.13. The molecule has 4 aromatic rings. The van der Waals surface area contributed by atoms with Crippen LogP contribution in [0.1, 0.15) is 41.5 Å². The first-order valence-electron chi connectivity index (χ1n) is 11.7. The van der Waals surface area contributed by atoms with Gasteiger partial charge in [0.25, 0.3) is 0 Å². The molecular formula is C28H38S2Si2. The van der Waals surface area contributed by atoms with Crippen LogP contribution in [0.3, 0.4) is 0 Å². The van der Waals surface area contributed by atoms with Crippen LogP contribution in [0.2, 0.25) is 36.3 Å². The van der Waals surface area contributed by atoms with Crippen LogP contribution in [0.25, 0.3) is 31.3 Å². The Kier molecular flexibility index (Phi) is 5.73. The van der Waals surface area contributed by atoms with Gasteiger partial charge in [0, 0.05) is 10.8 Å². The molecule has 0 nitrogen and oxygen atoms in total. The van der Waals surface area contributed by atoms with E-state index in [1.807, 2.05) is 0 Å². The predicted octanol–water partition coefficient (Wildman–Crippen LogP) is 9.21. The normalized spacial score (nSPS) is 13.9. The van der Waals surface area contributed by atoms with Crippen LogP contribution in [0.4, 0.5) is 0 Å². The smallest absolute Gasteiger partial charge is 0.0995 e. The summed E-state index contributed by atoms with van der Waals surface area (Å²) < 4.78 is 3.31. The zero-order chi connectivity index (χ0) is 23.7. The van der Waals surface area contributed by atoms with Gasteiger partial charge in [0.15, 0.2) is 0 Å². The van der Waals surface area contributed by atoms with Gasteiger partial charge in [-0.25, -0.2) is 0 Å². The lowest BCUT2D eigenvalue weighted by Crippen LogP contribution is -2.48. The number of hydrogen-bond donors (Lipinski definition) is 0. The van der Waals surface area contributed by atoms with Crippen molar-refractivity contribution in [2.75, 3.05) is 0 Å². The lowest BCUT2D eigenvalue weighted by molar-refractivity contribution is 0.730. The molecule has 170 valence electrons. The van der Waals surface area contributed by atoms with E-state index in [0.717, 1.165) is 0 Å². The lowest BCUT2D eigenvalue weighted by Gasteiger charge is -2.36. The second kappa shape index (κ2) is 7.66. The highest BCUT2D eigenvalue weighted by Crippen LogP contribution is 2.47. The Morgan fingerprint density at radius 2 is 0.781 bits per heavy atom. The highest BCUT2D eigenvalue weighted by atomic mass is 32.1. The second-order valence-electron chi connectivity index (χ2n) is 12.4. The Bertz CT molecular complexity index is 1190. The van der Waals surface area contributed by atoms with Gasteiger partial charge in [0.2, 0.25) is 0 Å². The van der Waals surface area contributed by atoms with Gasteiger partial charge in [-0.2, -0.15) is 0 Å². The quantitative estimate of drug-likeness (QED) is 0.249. The van der Waals surface area contributed by atoms with E-state index in [1.165, 1.54) is 31.3 Å². The Balaban J connectivity index is 2.07. The second-order valence-corrected chi connectivity index (χ2v) is 25.6. The van der Waals surface area contributed by atoms with E-state index in [-0.39, 0.29) is 0 Å². The summed E-state index contributed by atoms with van der Waals surface area (Å²) in [7, 11) is -3.31. The fourth-order valence-corrected chi connectivity index (χ4v) is 14.0.